The molecule has 0 saturated carbocycles. The van der Waals surface area contributed by atoms with Gasteiger partial charge in [-0.05, 0) is 23.5 Å². The fourth-order valence-corrected chi connectivity index (χ4v) is 4.32. The third-order valence-corrected chi connectivity index (χ3v) is 5.97. The second kappa shape index (κ2) is 7.79. The fourth-order valence-electron chi connectivity index (χ4n) is 2.54. The van der Waals surface area contributed by atoms with Gasteiger partial charge in [0.1, 0.15) is 0 Å². The summed E-state index contributed by atoms with van der Waals surface area (Å²) in [6.07, 6.45) is 2.04. The van der Waals surface area contributed by atoms with E-state index in [9.17, 15) is 13.2 Å². The van der Waals surface area contributed by atoms with E-state index in [1.54, 1.807) is 13.3 Å². The van der Waals surface area contributed by atoms with Crippen molar-refractivity contribution in [3.8, 4) is 0 Å². The Morgan fingerprint density at radius 3 is 2.58 bits per heavy atom. The standard InChI is InChI=1S/C17H24N2O4S/c1-13(2)15-6-4-14(5-7-15)10-18-23-11-17(20)19(3)16-8-9-24(21,22)12-16/h4-7,10,13,16H,8-9,11-12H2,1-3H3/b18-10-/t16-/m1/s1. The molecule has 132 valence electrons. The monoisotopic (exact) mass is 352 g/mol. The lowest BCUT2D eigenvalue weighted by Gasteiger charge is -2.22. The lowest BCUT2D eigenvalue weighted by molar-refractivity contribution is -0.136. The number of likely N-dealkylation sites (N-methyl/N-ethyl adjacent to an activating group) is 1. The summed E-state index contributed by atoms with van der Waals surface area (Å²) in [5.74, 6) is 0.366. The first kappa shape index (κ1) is 18.4. The minimum Gasteiger partial charge on any atom is -0.386 e. The number of carbonyl (C=O) groups is 1. The van der Waals surface area contributed by atoms with Crippen LogP contribution in [-0.4, -0.2) is 56.6 Å². The number of benzene rings is 1. The number of hydrogen-bond acceptors (Lipinski definition) is 5. The average Bonchev–Trinajstić information content (AvgIpc) is 2.91. The van der Waals surface area contributed by atoms with Gasteiger partial charge in [0.2, 0.25) is 0 Å². The predicted octanol–water partition coefficient (Wildman–Crippen LogP) is 1.81. The molecule has 1 amide bonds. The van der Waals surface area contributed by atoms with E-state index in [0.29, 0.717) is 12.3 Å². The van der Waals surface area contributed by atoms with E-state index in [2.05, 4.69) is 19.0 Å². The molecule has 0 aliphatic carbocycles. The molecule has 0 radical (unpaired) electrons. The van der Waals surface area contributed by atoms with Gasteiger partial charge in [0, 0.05) is 13.1 Å². The molecular weight excluding hydrogens is 328 g/mol. The van der Waals surface area contributed by atoms with Gasteiger partial charge in [0.15, 0.2) is 16.4 Å². The van der Waals surface area contributed by atoms with Gasteiger partial charge in [-0.15, -0.1) is 0 Å². The summed E-state index contributed by atoms with van der Waals surface area (Å²) in [7, 11) is -1.41. The number of sulfone groups is 1. The Morgan fingerprint density at radius 2 is 2.04 bits per heavy atom. The summed E-state index contributed by atoms with van der Waals surface area (Å²) in [5.41, 5.74) is 2.14. The van der Waals surface area contributed by atoms with Gasteiger partial charge in [0.05, 0.1) is 17.7 Å². The molecule has 1 saturated heterocycles. The van der Waals surface area contributed by atoms with Gasteiger partial charge in [0.25, 0.3) is 5.91 Å². The quantitative estimate of drug-likeness (QED) is 0.578. The van der Waals surface area contributed by atoms with Gasteiger partial charge in [-0.2, -0.15) is 0 Å². The molecule has 0 spiro atoms. The van der Waals surface area contributed by atoms with Crippen molar-refractivity contribution in [2.45, 2.75) is 32.2 Å². The SMILES string of the molecule is CC(C)c1ccc(/C=N\OCC(=O)N(C)[C@@H]2CCS(=O)(=O)C2)cc1. The summed E-state index contributed by atoms with van der Waals surface area (Å²) in [4.78, 5) is 18.5. The Labute approximate surface area is 143 Å². The van der Waals surface area contributed by atoms with Gasteiger partial charge >= 0.3 is 0 Å². The Morgan fingerprint density at radius 1 is 1.38 bits per heavy atom. The maximum Gasteiger partial charge on any atom is 0.263 e. The molecular formula is C17H24N2O4S. The lowest BCUT2D eigenvalue weighted by atomic mass is 10.0. The molecule has 1 fully saturated rings. The Bertz CT molecular complexity index is 696. The first-order valence-corrected chi connectivity index (χ1v) is 9.82. The number of nitrogens with zero attached hydrogens (tertiary/aromatic N) is 2. The molecule has 6 nitrogen and oxygen atoms in total. The van der Waals surface area contributed by atoms with E-state index in [4.69, 9.17) is 4.84 Å². The Balaban J connectivity index is 1.79. The van der Waals surface area contributed by atoms with Crippen molar-refractivity contribution >= 4 is 22.0 Å². The van der Waals surface area contributed by atoms with Crippen LogP contribution in [0.4, 0.5) is 0 Å². The molecule has 7 heteroatoms. The fraction of sp³-hybridized carbons (Fsp3) is 0.529. The second-order valence-corrected chi connectivity index (χ2v) is 8.62. The van der Waals surface area contributed by atoms with E-state index in [-0.39, 0.29) is 30.1 Å². The van der Waals surface area contributed by atoms with Crippen LogP contribution in [0.2, 0.25) is 0 Å². The zero-order valence-corrected chi connectivity index (χ0v) is 15.1. The number of amides is 1. The topological polar surface area (TPSA) is 76.0 Å². The van der Waals surface area contributed by atoms with Gasteiger partial charge in [-0.3, -0.25) is 4.79 Å². The normalized spacial score (nSPS) is 19.8. The highest BCUT2D eigenvalue weighted by atomic mass is 32.2. The minimum absolute atomic E-state index is 0.0285. The van der Waals surface area contributed by atoms with Crippen LogP contribution in [-0.2, 0) is 19.5 Å². The molecule has 0 N–H and O–H groups in total. The third-order valence-electron chi connectivity index (χ3n) is 4.22. The third kappa shape index (κ3) is 5.06. The van der Waals surface area contributed by atoms with Crippen LogP contribution in [0.3, 0.4) is 0 Å². The molecule has 1 aromatic carbocycles. The first-order chi connectivity index (χ1) is 11.3. The number of rotatable bonds is 6. The van der Waals surface area contributed by atoms with Crippen LogP contribution >= 0.6 is 0 Å². The summed E-state index contributed by atoms with van der Waals surface area (Å²) < 4.78 is 22.9. The minimum atomic E-state index is -3.01. The molecule has 0 aromatic heterocycles. The zero-order chi connectivity index (χ0) is 17.7. The van der Waals surface area contributed by atoms with Crippen LogP contribution in [0.15, 0.2) is 29.4 Å². The van der Waals surface area contributed by atoms with Crippen molar-refractivity contribution in [2.75, 3.05) is 25.2 Å². The highest BCUT2D eigenvalue weighted by Gasteiger charge is 2.32. The molecule has 1 heterocycles. The highest BCUT2D eigenvalue weighted by molar-refractivity contribution is 7.91. The molecule has 1 aromatic rings. The second-order valence-electron chi connectivity index (χ2n) is 6.39. The average molecular weight is 352 g/mol. The first-order valence-electron chi connectivity index (χ1n) is 8.00. The van der Waals surface area contributed by atoms with Crippen molar-refractivity contribution in [1.29, 1.82) is 0 Å². The molecule has 1 atom stereocenters. The number of carbonyl (C=O) groups excluding carboxylic acids is 1. The number of hydrogen-bond donors (Lipinski definition) is 0. The summed E-state index contributed by atoms with van der Waals surface area (Å²) in [5, 5.41) is 3.80. The summed E-state index contributed by atoms with van der Waals surface area (Å²) >= 11 is 0. The molecule has 1 aliphatic heterocycles. The molecule has 1 aliphatic rings. The van der Waals surface area contributed by atoms with Gasteiger partial charge in [-0.1, -0.05) is 43.3 Å². The van der Waals surface area contributed by atoms with Crippen LogP contribution in [0, 0.1) is 0 Å². The number of oxime groups is 1. The van der Waals surface area contributed by atoms with E-state index in [1.807, 2.05) is 24.3 Å². The summed E-state index contributed by atoms with van der Waals surface area (Å²) in [6.45, 7) is 4.06. The van der Waals surface area contributed by atoms with Gasteiger partial charge in [-0.25, -0.2) is 8.42 Å². The lowest BCUT2D eigenvalue weighted by Crippen LogP contribution is -2.39. The molecule has 2 rings (SSSR count). The van der Waals surface area contributed by atoms with Gasteiger partial charge < -0.3 is 9.74 Å². The molecule has 0 bridgehead atoms. The summed E-state index contributed by atoms with van der Waals surface area (Å²) in [6, 6.07) is 7.69. The largest absolute Gasteiger partial charge is 0.386 e. The van der Waals surface area contributed by atoms with E-state index >= 15 is 0 Å². The Hall–Kier alpha value is -1.89. The highest BCUT2D eigenvalue weighted by Crippen LogP contribution is 2.16. The maximum atomic E-state index is 12.0. The molecule has 24 heavy (non-hydrogen) atoms. The van der Waals surface area contributed by atoms with E-state index in [0.717, 1.165) is 5.56 Å². The smallest absolute Gasteiger partial charge is 0.263 e. The predicted molar refractivity (Wildman–Crippen MR) is 93.9 cm³/mol. The Kier molecular flexibility index (Phi) is 5.99. The molecule has 0 unspecified atom stereocenters. The van der Waals surface area contributed by atoms with Crippen molar-refractivity contribution in [3.63, 3.8) is 0 Å². The van der Waals surface area contributed by atoms with Crippen LogP contribution in [0.25, 0.3) is 0 Å². The van der Waals surface area contributed by atoms with E-state index < -0.39 is 9.84 Å². The van der Waals surface area contributed by atoms with Crippen LogP contribution in [0.1, 0.15) is 37.3 Å². The van der Waals surface area contributed by atoms with Crippen LogP contribution < -0.4 is 0 Å². The van der Waals surface area contributed by atoms with Crippen molar-refractivity contribution in [1.82, 2.24) is 4.90 Å². The van der Waals surface area contributed by atoms with Crippen molar-refractivity contribution < 1.29 is 18.0 Å². The van der Waals surface area contributed by atoms with Crippen molar-refractivity contribution in [3.05, 3.63) is 35.4 Å². The zero-order valence-electron chi connectivity index (χ0n) is 14.3. The van der Waals surface area contributed by atoms with E-state index in [1.165, 1.54) is 10.5 Å². The van der Waals surface area contributed by atoms with Crippen LogP contribution in [0.5, 0.6) is 0 Å². The maximum absolute atomic E-state index is 12.0. The van der Waals surface area contributed by atoms with Crippen molar-refractivity contribution in [2.24, 2.45) is 5.16 Å².